The summed E-state index contributed by atoms with van der Waals surface area (Å²) in [5.74, 6) is 0. The molecule has 0 unspecified atom stereocenters. The summed E-state index contributed by atoms with van der Waals surface area (Å²) in [5.41, 5.74) is 20.5. The Morgan fingerprint density at radius 1 is 0.348 bits per heavy atom. The number of fused-ring (bicyclic) bond motifs is 9. The fourth-order valence-electron chi connectivity index (χ4n) is 11.1. The minimum absolute atomic E-state index is 0.125. The van der Waals surface area contributed by atoms with Crippen LogP contribution in [0.3, 0.4) is 0 Å². The molecule has 0 saturated heterocycles. The van der Waals surface area contributed by atoms with Crippen molar-refractivity contribution < 1.29 is 0 Å². The van der Waals surface area contributed by atoms with Crippen molar-refractivity contribution in [3.8, 4) is 44.8 Å². The van der Waals surface area contributed by atoms with E-state index in [1.807, 2.05) is 0 Å². The van der Waals surface area contributed by atoms with E-state index in [1.165, 1.54) is 93.8 Å². The maximum Gasteiger partial charge on any atom is 0.0547 e. The first kappa shape index (κ1) is 38.1. The lowest BCUT2D eigenvalue weighted by atomic mass is 9.82. The summed E-state index contributed by atoms with van der Waals surface area (Å²) < 4.78 is 4.79. The van der Waals surface area contributed by atoms with Crippen molar-refractivity contribution in [3.63, 3.8) is 0 Å². The highest BCUT2D eigenvalue weighted by Crippen LogP contribution is 2.54. The molecule has 312 valence electrons. The van der Waals surface area contributed by atoms with E-state index < -0.39 is 0 Å². The van der Waals surface area contributed by atoms with Crippen LogP contribution in [0.2, 0.25) is 0 Å². The molecule has 0 radical (unpaired) electrons. The molecule has 2 aromatic heterocycles. The van der Waals surface area contributed by atoms with Gasteiger partial charge in [0.05, 0.1) is 27.8 Å². The second-order valence-electron chi connectivity index (χ2n) is 18.1. The van der Waals surface area contributed by atoms with Gasteiger partial charge in [-0.1, -0.05) is 172 Å². The average Bonchev–Trinajstić information content (AvgIpc) is 3.98. The molecule has 13 rings (SSSR count). The van der Waals surface area contributed by atoms with Gasteiger partial charge in [-0.25, -0.2) is 0 Å². The lowest BCUT2D eigenvalue weighted by molar-refractivity contribution is 0.660. The van der Waals surface area contributed by atoms with Gasteiger partial charge < -0.3 is 14.0 Å². The van der Waals surface area contributed by atoms with Gasteiger partial charge in [-0.05, 0) is 118 Å². The minimum Gasteiger partial charge on any atom is -0.310 e. The maximum absolute atomic E-state index is 2.46. The van der Waals surface area contributed by atoms with Gasteiger partial charge in [-0.15, -0.1) is 0 Å². The molecule has 0 atom stereocenters. The predicted octanol–water partition coefficient (Wildman–Crippen LogP) is 17.0. The van der Waals surface area contributed by atoms with Gasteiger partial charge >= 0.3 is 0 Å². The molecule has 0 aliphatic heterocycles. The summed E-state index contributed by atoms with van der Waals surface area (Å²) in [4.78, 5) is 2.46. The molecule has 1 aliphatic rings. The van der Waals surface area contributed by atoms with E-state index >= 15 is 0 Å². The van der Waals surface area contributed by atoms with Gasteiger partial charge in [0.1, 0.15) is 0 Å². The highest BCUT2D eigenvalue weighted by molar-refractivity contribution is 6.16. The van der Waals surface area contributed by atoms with E-state index in [1.54, 1.807) is 0 Å². The van der Waals surface area contributed by atoms with Crippen LogP contribution < -0.4 is 4.90 Å². The first-order valence-electron chi connectivity index (χ1n) is 22.9. The Kier molecular flexibility index (Phi) is 8.56. The number of para-hydroxylation sites is 4. The summed E-state index contributed by atoms with van der Waals surface area (Å²) >= 11 is 0. The number of hydrogen-bond donors (Lipinski definition) is 0. The van der Waals surface area contributed by atoms with Crippen LogP contribution in [0.15, 0.2) is 237 Å². The lowest BCUT2D eigenvalue weighted by Gasteiger charge is -2.29. The van der Waals surface area contributed by atoms with Crippen LogP contribution in [0.1, 0.15) is 25.0 Å². The number of benzene rings is 10. The molecule has 2 heterocycles. The number of nitrogens with zero attached hydrogens (tertiary/aromatic N) is 3. The molecular formula is C63H45N3. The van der Waals surface area contributed by atoms with Crippen molar-refractivity contribution in [2.75, 3.05) is 4.90 Å². The third kappa shape index (κ3) is 5.76. The zero-order valence-electron chi connectivity index (χ0n) is 36.9. The average molecular weight is 844 g/mol. The van der Waals surface area contributed by atoms with Gasteiger partial charge in [0.15, 0.2) is 0 Å². The summed E-state index contributed by atoms with van der Waals surface area (Å²) in [7, 11) is 0. The molecule has 0 spiro atoms. The monoisotopic (exact) mass is 843 g/mol. The van der Waals surface area contributed by atoms with Crippen LogP contribution >= 0.6 is 0 Å². The summed E-state index contributed by atoms with van der Waals surface area (Å²) in [6.07, 6.45) is 0. The highest BCUT2D eigenvalue weighted by atomic mass is 15.1. The number of aromatic nitrogens is 2. The summed E-state index contributed by atoms with van der Waals surface area (Å²) in [6.45, 7) is 4.72. The molecule has 12 aromatic rings. The van der Waals surface area contributed by atoms with Crippen LogP contribution in [-0.2, 0) is 5.41 Å². The predicted molar refractivity (Wildman–Crippen MR) is 278 cm³/mol. The zero-order valence-corrected chi connectivity index (χ0v) is 36.9. The summed E-state index contributed by atoms with van der Waals surface area (Å²) in [6, 6.07) is 86.8. The smallest absolute Gasteiger partial charge is 0.0547 e. The van der Waals surface area contributed by atoms with Crippen LogP contribution in [0.5, 0.6) is 0 Å². The summed E-state index contributed by atoms with van der Waals surface area (Å²) in [5, 5.41) is 5.03. The van der Waals surface area contributed by atoms with Gasteiger partial charge in [0, 0.05) is 55.3 Å². The van der Waals surface area contributed by atoms with E-state index in [-0.39, 0.29) is 5.41 Å². The highest BCUT2D eigenvalue weighted by Gasteiger charge is 2.37. The van der Waals surface area contributed by atoms with E-state index in [0.717, 1.165) is 22.7 Å². The lowest BCUT2D eigenvalue weighted by Crippen LogP contribution is -2.16. The first-order valence-corrected chi connectivity index (χ1v) is 22.9. The minimum atomic E-state index is -0.125. The molecule has 0 fully saturated rings. The quantitative estimate of drug-likeness (QED) is 0.156. The Balaban J connectivity index is 0.954. The van der Waals surface area contributed by atoms with Crippen molar-refractivity contribution in [3.05, 3.63) is 248 Å². The molecule has 3 heteroatoms. The second-order valence-corrected chi connectivity index (χ2v) is 18.1. The molecule has 1 aliphatic carbocycles. The maximum atomic E-state index is 2.46. The largest absolute Gasteiger partial charge is 0.310 e. The van der Waals surface area contributed by atoms with Gasteiger partial charge in [-0.2, -0.15) is 0 Å². The zero-order chi connectivity index (χ0) is 43.9. The van der Waals surface area contributed by atoms with Crippen molar-refractivity contribution in [2.45, 2.75) is 19.3 Å². The van der Waals surface area contributed by atoms with E-state index in [9.17, 15) is 0 Å². The Morgan fingerprint density at radius 2 is 0.848 bits per heavy atom. The van der Waals surface area contributed by atoms with Crippen LogP contribution in [-0.4, -0.2) is 9.13 Å². The molecule has 0 N–H and O–H groups in total. The first-order chi connectivity index (χ1) is 32.5. The number of hydrogen-bond acceptors (Lipinski definition) is 1. The standard InChI is InChI=1S/C63H45N3/c1-63(2)54-25-12-9-22-52(54)62-55(63)26-16-30-59(62)64(47-36-31-42(32-37-47)44-35-40-51-50-21-10-13-27-56(50)66(60(51)41-44)46-19-7-4-8-20-46)48-38-33-43(34-39-48)49-24-15-29-58-61(49)53-23-11-14-28-57(53)65(58)45-17-5-3-6-18-45/h3-41H,1-2H3. The van der Waals surface area contributed by atoms with Crippen molar-refractivity contribution in [1.82, 2.24) is 9.13 Å². The molecular weight excluding hydrogens is 799 g/mol. The Morgan fingerprint density at radius 3 is 1.56 bits per heavy atom. The van der Waals surface area contributed by atoms with E-state index in [2.05, 4.69) is 264 Å². The fraction of sp³-hybridized carbons (Fsp3) is 0.0476. The molecule has 0 bridgehead atoms. The Labute approximate surface area is 384 Å². The molecule has 10 aromatic carbocycles. The number of anilines is 3. The van der Waals surface area contributed by atoms with E-state index in [4.69, 9.17) is 0 Å². The van der Waals surface area contributed by atoms with Crippen molar-refractivity contribution in [2.24, 2.45) is 0 Å². The van der Waals surface area contributed by atoms with Crippen LogP contribution in [0.25, 0.3) is 88.4 Å². The normalized spacial score (nSPS) is 12.8. The second kappa shape index (κ2) is 14.8. The van der Waals surface area contributed by atoms with Crippen molar-refractivity contribution >= 4 is 60.7 Å². The van der Waals surface area contributed by atoms with Crippen LogP contribution in [0, 0.1) is 0 Å². The van der Waals surface area contributed by atoms with Crippen LogP contribution in [0.4, 0.5) is 17.1 Å². The van der Waals surface area contributed by atoms with Crippen molar-refractivity contribution in [1.29, 1.82) is 0 Å². The topological polar surface area (TPSA) is 13.1 Å². The van der Waals surface area contributed by atoms with Gasteiger partial charge in [0.25, 0.3) is 0 Å². The van der Waals surface area contributed by atoms with Gasteiger partial charge in [0.2, 0.25) is 0 Å². The molecule has 0 saturated carbocycles. The molecule has 0 amide bonds. The SMILES string of the molecule is CC1(C)c2ccccc2-c2c(N(c3ccc(-c4ccc5c6ccccc6n(-c6ccccc6)c5c4)cc3)c3ccc(-c4cccc5c4c4ccccc4n5-c4ccccc4)cc3)cccc21. The fourth-order valence-corrected chi connectivity index (χ4v) is 11.1. The molecule has 3 nitrogen and oxygen atoms in total. The Hall–Kier alpha value is -8.40. The third-order valence-corrected chi connectivity index (χ3v) is 14.1. The Bertz CT molecular complexity index is 3820. The van der Waals surface area contributed by atoms with Gasteiger partial charge in [-0.3, -0.25) is 0 Å². The third-order valence-electron chi connectivity index (χ3n) is 14.1. The molecule has 66 heavy (non-hydrogen) atoms. The van der Waals surface area contributed by atoms with E-state index in [0.29, 0.717) is 0 Å². The number of rotatable bonds is 7.